The van der Waals surface area contributed by atoms with Crippen LogP contribution in [0.15, 0.2) is 79.1 Å². The van der Waals surface area contributed by atoms with Gasteiger partial charge in [0.05, 0.1) is 52.9 Å². The van der Waals surface area contributed by atoms with Crippen LogP contribution in [0.25, 0.3) is 10.9 Å². The third-order valence-corrected chi connectivity index (χ3v) is 8.38. The quantitative estimate of drug-likeness (QED) is 0.163. The van der Waals surface area contributed by atoms with Crippen LogP contribution in [0, 0.1) is 34.0 Å². The molecule has 1 saturated carbocycles. The molecule has 2 atom stereocenters. The summed E-state index contributed by atoms with van der Waals surface area (Å²) in [6.07, 6.45) is 5.61. The maximum Gasteiger partial charge on any atom is 0.150 e. The van der Waals surface area contributed by atoms with Crippen molar-refractivity contribution in [3.63, 3.8) is 0 Å². The highest BCUT2D eigenvalue weighted by Crippen LogP contribution is 2.43. The molecule has 11 heteroatoms. The maximum absolute atomic E-state index is 10.1. The molecule has 0 unspecified atom stereocenters. The van der Waals surface area contributed by atoms with Crippen molar-refractivity contribution >= 4 is 45.5 Å². The molecule has 1 fully saturated rings. The van der Waals surface area contributed by atoms with Crippen molar-refractivity contribution in [3.05, 3.63) is 112 Å². The zero-order chi connectivity index (χ0) is 30.7. The number of rotatable bonds is 10. The van der Waals surface area contributed by atoms with E-state index in [-0.39, 0.29) is 6.04 Å². The molecule has 0 amide bonds. The lowest BCUT2D eigenvalue weighted by Gasteiger charge is -2.23. The topological polar surface area (TPSA) is 139 Å². The number of fused-ring (bicyclic) bond motifs is 1. The van der Waals surface area contributed by atoms with Gasteiger partial charge in [-0.25, -0.2) is 4.68 Å². The van der Waals surface area contributed by atoms with Gasteiger partial charge in [0, 0.05) is 28.0 Å². The second-order valence-electron chi connectivity index (χ2n) is 10.6. The van der Waals surface area contributed by atoms with Crippen LogP contribution < -0.4 is 10.6 Å². The van der Waals surface area contributed by atoms with E-state index in [4.69, 9.17) is 23.2 Å². The van der Waals surface area contributed by atoms with Crippen molar-refractivity contribution in [2.45, 2.75) is 43.3 Å². The van der Waals surface area contributed by atoms with Gasteiger partial charge in [0.15, 0.2) is 5.54 Å². The summed E-state index contributed by atoms with van der Waals surface area (Å²) in [4.78, 5) is 4.67. The third kappa shape index (κ3) is 5.62. The monoisotopic (exact) mass is 617 g/mol. The summed E-state index contributed by atoms with van der Waals surface area (Å²) in [5.74, 6) is 0. The lowest BCUT2D eigenvalue weighted by Crippen LogP contribution is -2.16. The number of hydrogen-bond donors (Lipinski definition) is 2. The largest absolute Gasteiger partial charge is 0.377 e. The predicted octanol–water partition coefficient (Wildman–Crippen LogP) is 7.68. The fraction of sp³-hybridized carbons (Fsp3) is 0.212. The van der Waals surface area contributed by atoms with Crippen LogP contribution in [0.1, 0.15) is 60.2 Å². The fourth-order valence-electron chi connectivity index (χ4n) is 5.31. The van der Waals surface area contributed by atoms with Crippen LogP contribution in [0.2, 0.25) is 10.0 Å². The molecule has 9 nitrogen and oxygen atoms in total. The van der Waals surface area contributed by atoms with Crippen molar-refractivity contribution in [1.29, 1.82) is 15.8 Å². The first-order chi connectivity index (χ1) is 21.5. The van der Waals surface area contributed by atoms with Gasteiger partial charge in [-0.1, -0.05) is 76.9 Å². The molecule has 6 rings (SSSR count). The summed E-state index contributed by atoms with van der Waals surface area (Å²) in [6.45, 7) is 0. The molecule has 0 aliphatic heterocycles. The van der Waals surface area contributed by atoms with Gasteiger partial charge in [0.25, 0.3) is 0 Å². The molecular weight excluding hydrogens is 593 g/mol. The highest BCUT2D eigenvalue weighted by atomic mass is 35.5. The summed E-state index contributed by atoms with van der Waals surface area (Å²) in [7, 11) is 0. The van der Waals surface area contributed by atoms with E-state index in [1.165, 1.54) is 6.20 Å². The standard InChI is InChI=1S/C33H25Cl2N9/c34-23-15-25-30(40-27(11-6-14-36)21-7-2-1-3-8-21)22(17-37)18-39-31(25)28(16-23)41-32(24-9-4-5-10-26(24)35)29-19-44(43-42-29)33(20-38)12-13-33/h1-5,7-10,15-16,18-19,27,32,41H,6,11-13H2,(H,39,40)/t27-,32+/m1/s1. The molecule has 2 N–H and O–H groups in total. The minimum absolute atomic E-state index is 0.232. The molecule has 3 aromatic carbocycles. The number of aromatic nitrogens is 4. The van der Waals surface area contributed by atoms with E-state index in [0.717, 1.165) is 11.1 Å². The van der Waals surface area contributed by atoms with E-state index < -0.39 is 11.6 Å². The number of nitrogens with zero attached hydrogens (tertiary/aromatic N) is 7. The lowest BCUT2D eigenvalue weighted by molar-refractivity contribution is 0.516. The third-order valence-electron chi connectivity index (χ3n) is 7.82. The Morgan fingerprint density at radius 3 is 2.45 bits per heavy atom. The molecule has 216 valence electrons. The first-order valence-corrected chi connectivity index (χ1v) is 14.8. The van der Waals surface area contributed by atoms with E-state index in [9.17, 15) is 15.8 Å². The van der Waals surface area contributed by atoms with Gasteiger partial charge in [-0.3, -0.25) is 4.98 Å². The Balaban J connectivity index is 1.46. The van der Waals surface area contributed by atoms with E-state index >= 15 is 0 Å². The molecule has 0 spiro atoms. The van der Waals surface area contributed by atoms with E-state index in [2.05, 4.69) is 44.1 Å². The zero-order valence-corrected chi connectivity index (χ0v) is 24.9. The Kier molecular flexibility index (Phi) is 8.05. The van der Waals surface area contributed by atoms with Gasteiger partial charge in [0.1, 0.15) is 11.8 Å². The first kappa shape index (κ1) is 29.0. The van der Waals surface area contributed by atoms with Crippen molar-refractivity contribution in [2.75, 3.05) is 10.6 Å². The van der Waals surface area contributed by atoms with Crippen molar-refractivity contribution in [3.8, 4) is 18.2 Å². The maximum atomic E-state index is 10.1. The Morgan fingerprint density at radius 2 is 1.75 bits per heavy atom. The number of nitriles is 3. The molecule has 2 aromatic heterocycles. The second-order valence-corrected chi connectivity index (χ2v) is 11.5. The lowest BCUT2D eigenvalue weighted by atomic mass is 10.00. The molecular formula is C33H25Cl2N9. The first-order valence-electron chi connectivity index (χ1n) is 14.0. The molecule has 0 radical (unpaired) electrons. The number of pyridine rings is 1. The molecule has 44 heavy (non-hydrogen) atoms. The molecule has 0 bridgehead atoms. The van der Waals surface area contributed by atoms with Gasteiger partial charge in [-0.05, 0) is 48.6 Å². The molecule has 0 saturated heterocycles. The summed E-state index contributed by atoms with van der Waals surface area (Å²) < 4.78 is 1.62. The summed E-state index contributed by atoms with van der Waals surface area (Å²) >= 11 is 13.4. The van der Waals surface area contributed by atoms with Crippen LogP contribution in [-0.2, 0) is 5.54 Å². The zero-order valence-electron chi connectivity index (χ0n) is 23.4. The SMILES string of the molecule is N#CCC[C@@H](Nc1c(C#N)cnc2c(N[C@H](c3cn(C4(C#N)CC4)nn3)c3ccccc3Cl)cc(Cl)cc12)c1ccccc1. The predicted molar refractivity (Wildman–Crippen MR) is 169 cm³/mol. The smallest absolute Gasteiger partial charge is 0.150 e. The summed E-state index contributed by atoms with van der Waals surface area (Å²) in [5.41, 5.74) is 3.72. The van der Waals surface area contributed by atoms with E-state index in [1.54, 1.807) is 29.1 Å². The van der Waals surface area contributed by atoms with Crippen molar-refractivity contribution < 1.29 is 0 Å². The average molecular weight is 619 g/mol. The Morgan fingerprint density at radius 1 is 0.977 bits per heavy atom. The number of benzene rings is 3. The number of hydrogen-bond acceptors (Lipinski definition) is 8. The van der Waals surface area contributed by atoms with E-state index in [1.807, 2.05) is 48.5 Å². The Labute approximate surface area is 264 Å². The van der Waals surface area contributed by atoms with Crippen LogP contribution >= 0.6 is 23.2 Å². The average Bonchev–Trinajstić information content (AvgIpc) is 3.70. The number of nitrogens with one attached hydrogen (secondary N) is 2. The highest BCUT2D eigenvalue weighted by Gasteiger charge is 2.47. The normalized spacial score (nSPS) is 14.5. The van der Waals surface area contributed by atoms with Gasteiger partial charge in [-0.15, -0.1) is 5.10 Å². The van der Waals surface area contributed by atoms with E-state index in [0.29, 0.717) is 69.3 Å². The summed E-state index contributed by atoms with van der Waals surface area (Å²) in [5, 5.41) is 46.5. The fourth-order valence-corrected chi connectivity index (χ4v) is 5.78. The Hall–Kier alpha value is -5.14. The molecule has 1 aliphatic rings. The minimum Gasteiger partial charge on any atom is -0.377 e. The van der Waals surface area contributed by atoms with Crippen LogP contribution in [-0.4, -0.2) is 20.0 Å². The minimum atomic E-state index is -0.671. The van der Waals surface area contributed by atoms with Gasteiger partial charge in [0.2, 0.25) is 0 Å². The van der Waals surface area contributed by atoms with Gasteiger partial charge >= 0.3 is 0 Å². The van der Waals surface area contributed by atoms with Crippen LogP contribution in [0.5, 0.6) is 0 Å². The van der Waals surface area contributed by atoms with Crippen molar-refractivity contribution in [1.82, 2.24) is 20.0 Å². The summed E-state index contributed by atoms with van der Waals surface area (Å²) in [6, 6.07) is 26.8. The Bertz CT molecular complexity index is 1960. The van der Waals surface area contributed by atoms with Gasteiger partial charge in [-0.2, -0.15) is 15.8 Å². The molecule has 1 aliphatic carbocycles. The van der Waals surface area contributed by atoms with Gasteiger partial charge < -0.3 is 10.6 Å². The molecule has 5 aromatic rings. The second kappa shape index (κ2) is 12.2. The van der Waals surface area contributed by atoms with Crippen LogP contribution in [0.3, 0.4) is 0 Å². The highest BCUT2D eigenvalue weighted by molar-refractivity contribution is 6.32. The number of anilines is 2. The van der Waals surface area contributed by atoms with Crippen molar-refractivity contribution in [2.24, 2.45) is 0 Å². The van der Waals surface area contributed by atoms with Crippen LogP contribution in [0.4, 0.5) is 11.4 Å². The number of halogens is 2. The molecule has 2 heterocycles.